The summed E-state index contributed by atoms with van der Waals surface area (Å²) in [5.41, 5.74) is 4.39. The molecule has 0 fully saturated rings. The molecule has 0 spiro atoms. The predicted molar refractivity (Wildman–Crippen MR) is 59.0 cm³/mol. The fourth-order valence-electron chi connectivity index (χ4n) is 1.44. The third kappa shape index (κ3) is 1.73. The minimum absolute atomic E-state index is 0.0531. The van der Waals surface area contributed by atoms with Crippen LogP contribution in [0.25, 0.3) is 11.0 Å². The zero-order valence-corrected chi connectivity index (χ0v) is 9.03. The molecule has 1 aromatic carbocycles. The molecule has 0 aliphatic carbocycles. The van der Waals surface area contributed by atoms with E-state index in [0.29, 0.717) is 5.69 Å². The van der Waals surface area contributed by atoms with E-state index in [1.165, 1.54) is 18.7 Å². The van der Waals surface area contributed by atoms with Gasteiger partial charge >= 0.3 is 0 Å². The molecule has 2 rings (SSSR count). The summed E-state index contributed by atoms with van der Waals surface area (Å²) in [6, 6.07) is 3.95. The Balaban J connectivity index is 2.72. The lowest BCUT2D eigenvalue weighted by atomic mass is 10.1. The summed E-state index contributed by atoms with van der Waals surface area (Å²) in [4.78, 5) is 19.6. The van der Waals surface area contributed by atoms with Crippen LogP contribution in [0.3, 0.4) is 0 Å². The second-order valence-corrected chi connectivity index (χ2v) is 3.74. The Labute approximate surface area is 88.2 Å². The lowest BCUT2D eigenvalue weighted by molar-refractivity contribution is 0.101. The van der Waals surface area contributed by atoms with Crippen LogP contribution in [0.4, 0.5) is 0 Å². The van der Waals surface area contributed by atoms with Crippen LogP contribution >= 0.6 is 0 Å². The molecular weight excluding hydrogens is 188 g/mol. The van der Waals surface area contributed by atoms with Crippen molar-refractivity contribution in [2.75, 3.05) is 0 Å². The Bertz CT molecular complexity index is 547. The van der Waals surface area contributed by atoms with Gasteiger partial charge in [-0.05, 0) is 37.1 Å². The summed E-state index contributed by atoms with van der Waals surface area (Å²) in [5, 5.41) is 0. The summed E-state index contributed by atoms with van der Waals surface area (Å²) in [7, 11) is 0. The van der Waals surface area contributed by atoms with Gasteiger partial charge in [-0.3, -0.25) is 9.78 Å². The van der Waals surface area contributed by atoms with Crippen LogP contribution in [0.15, 0.2) is 18.3 Å². The van der Waals surface area contributed by atoms with Crippen LogP contribution in [-0.2, 0) is 0 Å². The third-order valence-corrected chi connectivity index (χ3v) is 2.52. The Hall–Kier alpha value is -1.77. The lowest BCUT2D eigenvalue weighted by Gasteiger charge is -2.03. The van der Waals surface area contributed by atoms with Gasteiger partial charge in [-0.2, -0.15) is 0 Å². The minimum atomic E-state index is -0.0531. The average molecular weight is 200 g/mol. The Morgan fingerprint density at radius 2 is 1.73 bits per heavy atom. The maximum absolute atomic E-state index is 11.1. The third-order valence-electron chi connectivity index (χ3n) is 2.52. The molecule has 15 heavy (non-hydrogen) atoms. The van der Waals surface area contributed by atoms with Gasteiger partial charge in [0.2, 0.25) is 0 Å². The van der Waals surface area contributed by atoms with Gasteiger partial charge in [-0.25, -0.2) is 4.98 Å². The van der Waals surface area contributed by atoms with Gasteiger partial charge in [0.25, 0.3) is 0 Å². The number of hydrogen-bond acceptors (Lipinski definition) is 3. The van der Waals surface area contributed by atoms with E-state index in [4.69, 9.17) is 0 Å². The number of nitrogens with zero attached hydrogens (tertiary/aromatic N) is 2. The van der Waals surface area contributed by atoms with Gasteiger partial charge in [-0.15, -0.1) is 0 Å². The highest BCUT2D eigenvalue weighted by atomic mass is 16.1. The first-order chi connectivity index (χ1) is 7.08. The zero-order chi connectivity index (χ0) is 11.0. The van der Waals surface area contributed by atoms with E-state index in [9.17, 15) is 4.79 Å². The van der Waals surface area contributed by atoms with Crippen LogP contribution < -0.4 is 0 Å². The highest BCUT2D eigenvalue weighted by Crippen LogP contribution is 2.15. The van der Waals surface area contributed by atoms with Crippen molar-refractivity contribution >= 4 is 16.8 Å². The molecular formula is C12H12N2O. The average Bonchev–Trinajstić information content (AvgIpc) is 2.19. The number of aromatic nitrogens is 2. The Morgan fingerprint density at radius 3 is 2.33 bits per heavy atom. The quantitative estimate of drug-likeness (QED) is 0.664. The Morgan fingerprint density at radius 1 is 1.13 bits per heavy atom. The summed E-state index contributed by atoms with van der Waals surface area (Å²) in [6.07, 6.45) is 1.53. The van der Waals surface area contributed by atoms with Crippen LogP contribution in [0.1, 0.15) is 28.5 Å². The van der Waals surface area contributed by atoms with Crippen molar-refractivity contribution in [1.82, 2.24) is 9.97 Å². The Kier molecular flexibility index (Phi) is 2.23. The number of carbonyl (C=O) groups excluding carboxylic acids is 1. The molecule has 0 unspecified atom stereocenters. The molecule has 1 aromatic heterocycles. The van der Waals surface area contributed by atoms with Crippen molar-refractivity contribution < 1.29 is 4.79 Å². The second kappa shape index (κ2) is 3.42. The van der Waals surface area contributed by atoms with Crippen molar-refractivity contribution in [2.45, 2.75) is 20.8 Å². The van der Waals surface area contributed by atoms with Gasteiger partial charge < -0.3 is 0 Å². The SMILES string of the molecule is CC(=O)c1cnc2cc(C)c(C)cc2n1. The normalized spacial score (nSPS) is 10.6. The topological polar surface area (TPSA) is 42.9 Å². The molecule has 0 bridgehead atoms. The highest BCUT2D eigenvalue weighted by molar-refractivity contribution is 5.93. The number of ketones is 1. The summed E-state index contributed by atoms with van der Waals surface area (Å²) in [5.74, 6) is -0.0531. The molecule has 76 valence electrons. The van der Waals surface area contributed by atoms with E-state index in [-0.39, 0.29) is 5.78 Å². The van der Waals surface area contributed by atoms with E-state index in [2.05, 4.69) is 9.97 Å². The number of hydrogen-bond donors (Lipinski definition) is 0. The first kappa shape index (κ1) is 9.77. The smallest absolute Gasteiger partial charge is 0.179 e. The standard InChI is InChI=1S/C12H12N2O/c1-7-4-10-11(5-8(7)2)14-12(6-13-10)9(3)15/h4-6H,1-3H3. The molecule has 0 atom stereocenters. The summed E-state index contributed by atoms with van der Waals surface area (Å²) >= 11 is 0. The minimum Gasteiger partial charge on any atom is -0.293 e. The molecule has 0 amide bonds. The van der Waals surface area contributed by atoms with Crippen LogP contribution in [-0.4, -0.2) is 15.8 Å². The van der Waals surface area contributed by atoms with Gasteiger partial charge in [0.15, 0.2) is 5.78 Å². The molecule has 1 heterocycles. The van der Waals surface area contributed by atoms with Gasteiger partial charge in [0, 0.05) is 6.92 Å². The number of fused-ring (bicyclic) bond motifs is 1. The monoisotopic (exact) mass is 200 g/mol. The van der Waals surface area contributed by atoms with Gasteiger partial charge in [-0.1, -0.05) is 0 Å². The number of rotatable bonds is 1. The van der Waals surface area contributed by atoms with Gasteiger partial charge in [0.05, 0.1) is 17.2 Å². The molecule has 0 saturated heterocycles. The fourth-order valence-corrected chi connectivity index (χ4v) is 1.44. The molecule has 0 radical (unpaired) electrons. The number of Topliss-reactive ketones (excluding diaryl/α,β-unsaturated/α-hetero) is 1. The molecule has 0 aliphatic heterocycles. The van der Waals surface area contributed by atoms with Crippen LogP contribution in [0.2, 0.25) is 0 Å². The molecule has 2 aromatic rings. The van der Waals surface area contributed by atoms with Crippen LogP contribution in [0, 0.1) is 13.8 Å². The molecule has 3 heteroatoms. The van der Waals surface area contributed by atoms with E-state index in [1.54, 1.807) is 0 Å². The van der Waals surface area contributed by atoms with Crippen molar-refractivity contribution in [2.24, 2.45) is 0 Å². The lowest BCUT2D eigenvalue weighted by Crippen LogP contribution is -1.99. The van der Waals surface area contributed by atoms with E-state index < -0.39 is 0 Å². The van der Waals surface area contributed by atoms with Crippen molar-refractivity contribution in [3.8, 4) is 0 Å². The van der Waals surface area contributed by atoms with Crippen molar-refractivity contribution in [1.29, 1.82) is 0 Å². The van der Waals surface area contributed by atoms with E-state index in [0.717, 1.165) is 16.6 Å². The van der Waals surface area contributed by atoms with Gasteiger partial charge in [0.1, 0.15) is 5.69 Å². The molecule has 0 saturated carbocycles. The molecule has 0 N–H and O–H groups in total. The fraction of sp³-hybridized carbons (Fsp3) is 0.250. The summed E-state index contributed by atoms with van der Waals surface area (Å²) < 4.78 is 0. The van der Waals surface area contributed by atoms with E-state index >= 15 is 0 Å². The maximum Gasteiger partial charge on any atom is 0.179 e. The predicted octanol–water partition coefficient (Wildman–Crippen LogP) is 2.45. The largest absolute Gasteiger partial charge is 0.293 e. The first-order valence-corrected chi connectivity index (χ1v) is 4.83. The first-order valence-electron chi connectivity index (χ1n) is 4.83. The molecule has 0 aliphatic rings. The number of carbonyl (C=O) groups is 1. The second-order valence-electron chi connectivity index (χ2n) is 3.74. The number of benzene rings is 1. The van der Waals surface area contributed by atoms with Crippen LogP contribution in [0.5, 0.6) is 0 Å². The van der Waals surface area contributed by atoms with Crippen molar-refractivity contribution in [3.05, 3.63) is 35.2 Å². The van der Waals surface area contributed by atoms with Crippen molar-refractivity contribution in [3.63, 3.8) is 0 Å². The summed E-state index contributed by atoms with van der Waals surface area (Å²) in [6.45, 7) is 5.56. The zero-order valence-electron chi connectivity index (χ0n) is 9.03. The van der Waals surface area contributed by atoms with E-state index in [1.807, 2.05) is 26.0 Å². The maximum atomic E-state index is 11.1. The molecule has 3 nitrogen and oxygen atoms in total. The number of aryl methyl sites for hydroxylation is 2. The highest BCUT2D eigenvalue weighted by Gasteiger charge is 2.05.